The highest BCUT2D eigenvalue weighted by Crippen LogP contribution is 2.75. The molecule has 0 unspecified atom stereocenters. The highest BCUT2D eigenvalue weighted by Gasteiger charge is 2.69. The molecule has 5 aliphatic rings. The van der Waals surface area contributed by atoms with Crippen LogP contribution in [0.3, 0.4) is 0 Å². The summed E-state index contributed by atoms with van der Waals surface area (Å²) in [4.78, 5) is 12.9. The molecule has 2 N–H and O–H groups in total. The van der Waals surface area contributed by atoms with Crippen LogP contribution in [0.15, 0.2) is 17.8 Å². The molecule has 0 saturated heterocycles. The second kappa shape index (κ2) is 7.04. The first-order chi connectivity index (χ1) is 16.3. The lowest BCUT2D eigenvalue weighted by molar-refractivity contribution is -0.179. The number of fused-ring (bicyclic) bond motifs is 8. The van der Waals surface area contributed by atoms with Gasteiger partial charge in [0.25, 0.3) is 0 Å². The van der Waals surface area contributed by atoms with Crippen LogP contribution in [-0.4, -0.2) is 21.3 Å². The third-order valence-corrected chi connectivity index (χ3v) is 13.5. The second-order valence-corrected chi connectivity index (χ2v) is 14.8. The average Bonchev–Trinajstić information content (AvgIpc) is 3.25. The number of hydrogen-bond donors (Lipinski definition) is 2. The number of carboxylic acids is 1. The van der Waals surface area contributed by atoms with Crippen molar-refractivity contribution in [2.75, 3.05) is 0 Å². The molecular formula is C31H46N2O2. The summed E-state index contributed by atoms with van der Waals surface area (Å²) < 4.78 is 0. The van der Waals surface area contributed by atoms with Crippen molar-refractivity contribution in [2.45, 2.75) is 105 Å². The molecule has 5 aliphatic carbocycles. The lowest BCUT2D eigenvalue weighted by Crippen LogP contribution is -2.65. The van der Waals surface area contributed by atoms with Gasteiger partial charge in [-0.05, 0) is 103 Å². The van der Waals surface area contributed by atoms with Crippen molar-refractivity contribution in [2.24, 2.45) is 51.2 Å². The highest BCUT2D eigenvalue weighted by atomic mass is 16.4. The van der Waals surface area contributed by atoms with Gasteiger partial charge in [-0.1, -0.05) is 60.1 Å². The number of nitrogens with one attached hydrogen (secondary N) is 1. The Morgan fingerprint density at radius 3 is 2.49 bits per heavy atom. The Morgan fingerprint density at radius 1 is 1.03 bits per heavy atom. The Hall–Kier alpha value is -1.58. The van der Waals surface area contributed by atoms with Crippen molar-refractivity contribution in [3.05, 3.63) is 29.1 Å². The van der Waals surface area contributed by atoms with Crippen LogP contribution in [0.5, 0.6) is 0 Å². The molecule has 1 aromatic rings. The second-order valence-electron chi connectivity index (χ2n) is 14.8. The van der Waals surface area contributed by atoms with Crippen LogP contribution in [-0.2, 0) is 16.6 Å². The van der Waals surface area contributed by atoms with Gasteiger partial charge in [0.15, 0.2) is 0 Å². The zero-order chi connectivity index (χ0) is 25.2. The molecule has 1 heterocycles. The van der Waals surface area contributed by atoms with E-state index in [1.807, 2.05) is 0 Å². The van der Waals surface area contributed by atoms with E-state index >= 15 is 0 Å². The van der Waals surface area contributed by atoms with Gasteiger partial charge in [-0.2, -0.15) is 5.10 Å². The summed E-state index contributed by atoms with van der Waals surface area (Å²) in [6.07, 6.45) is 13.2. The summed E-state index contributed by atoms with van der Waals surface area (Å²) in [5.41, 5.74) is 4.36. The predicted molar refractivity (Wildman–Crippen MR) is 139 cm³/mol. The number of nitrogens with zero attached hydrogens (tertiary/aromatic N) is 1. The van der Waals surface area contributed by atoms with Gasteiger partial charge in [0, 0.05) is 11.1 Å². The van der Waals surface area contributed by atoms with Crippen molar-refractivity contribution in [1.82, 2.24) is 10.2 Å². The maximum absolute atomic E-state index is 12.9. The topological polar surface area (TPSA) is 66.0 Å². The Bertz CT molecular complexity index is 1100. The van der Waals surface area contributed by atoms with E-state index in [4.69, 9.17) is 0 Å². The van der Waals surface area contributed by atoms with Gasteiger partial charge in [-0.3, -0.25) is 9.89 Å². The normalized spacial score (nSPS) is 50.0. The summed E-state index contributed by atoms with van der Waals surface area (Å²) in [5.74, 6) is 1.92. The summed E-state index contributed by atoms with van der Waals surface area (Å²) in [6, 6.07) is 0. The van der Waals surface area contributed by atoms with Crippen molar-refractivity contribution >= 4 is 5.97 Å². The van der Waals surface area contributed by atoms with Crippen LogP contribution in [0.25, 0.3) is 0 Å². The number of hydrogen-bond acceptors (Lipinski definition) is 2. The van der Waals surface area contributed by atoms with Crippen LogP contribution < -0.4 is 0 Å². The number of rotatable bonds is 1. The highest BCUT2D eigenvalue weighted by molar-refractivity contribution is 5.76. The van der Waals surface area contributed by atoms with E-state index in [-0.39, 0.29) is 27.6 Å². The van der Waals surface area contributed by atoms with Gasteiger partial charge in [0.05, 0.1) is 11.6 Å². The minimum absolute atomic E-state index is 0.0830. The Morgan fingerprint density at radius 2 is 1.77 bits per heavy atom. The minimum atomic E-state index is -0.555. The number of carboxylic acid groups (broad SMARTS) is 1. The van der Waals surface area contributed by atoms with Gasteiger partial charge >= 0.3 is 5.97 Å². The van der Waals surface area contributed by atoms with Crippen LogP contribution in [0.1, 0.15) is 105 Å². The first-order valence-electron chi connectivity index (χ1n) is 14.3. The molecule has 0 spiro atoms. The number of aliphatic carboxylic acids is 1. The Balaban J connectivity index is 1.48. The first kappa shape index (κ1) is 23.8. The number of aromatic nitrogens is 2. The van der Waals surface area contributed by atoms with E-state index in [1.165, 1.54) is 29.7 Å². The van der Waals surface area contributed by atoms with E-state index in [1.54, 1.807) is 0 Å². The first-order valence-corrected chi connectivity index (χ1v) is 14.3. The Kier molecular flexibility index (Phi) is 4.79. The molecule has 3 saturated carbocycles. The molecule has 9 atom stereocenters. The monoisotopic (exact) mass is 478 g/mol. The number of allylic oxidation sites excluding steroid dienone is 2. The fourth-order valence-corrected chi connectivity index (χ4v) is 11.2. The quantitative estimate of drug-likeness (QED) is 0.421. The largest absolute Gasteiger partial charge is 0.481 e. The standard InChI is InChI=1S/C31H46N2O2/c1-18-10-13-31(26(34)35)15-14-29(6)21(24(31)19(18)2)8-9-23-28(5)16-20-17-32-33-25(20)27(3,4)22(28)11-12-30(23,29)7/h8,17-19,22-24H,9-16H2,1-7H3,(H,32,33)(H,34,35)/t18-,19+,22+,23-,24+,28+,29-,30-,31+/m1/s1. The van der Waals surface area contributed by atoms with Crippen LogP contribution in [0, 0.1) is 51.2 Å². The molecule has 0 amide bonds. The van der Waals surface area contributed by atoms with Crippen LogP contribution in [0.4, 0.5) is 0 Å². The molecule has 4 nitrogen and oxygen atoms in total. The summed E-state index contributed by atoms with van der Waals surface area (Å²) >= 11 is 0. The molecule has 35 heavy (non-hydrogen) atoms. The fourth-order valence-electron chi connectivity index (χ4n) is 11.2. The molecule has 4 heteroatoms. The fraction of sp³-hybridized carbons (Fsp3) is 0.806. The van der Waals surface area contributed by atoms with Crippen molar-refractivity contribution in [3.63, 3.8) is 0 Å². The van der Waals surface area contributed by atoms with E-state index in [9.17, 15) is 9.90 Å². The third kappa shape index (κ3) is 2.65. The van der Waals surface area contributed by atoms with E-state index in [0.29, 0.717) is 23.7 Å². The maximum Gasteiger partial charge on any atom is 0.310 e. The minimum Gasteiger partial charge on any atom is -0.481 e. The molecular weight excluding hydrogens is 432 g/mol. The van der Waals surface area contributed by atoms with Gasteiger partial charge in [0.1, 0.15) is 0 Å². The average molecular weight is 479 g/mol. The lowest BCUT2D eigenvalue weighted by Gasteiger charge is -2.70. The molecule has 1 aromatic heterocycles. The van der Waals surface area contributed by atoms with Gasteiger partial charge in [0.2, 0.25) is 0 Å². The van der Waals surface area contributed by atoms with Crippen molar-refractivity contribution in [1.29, 1.82) is 0 Å². The maximum atomic E-state index is 12.9. The van der Waals surface area contributed by atoms with Gasteiger partial charge < -0.3 is 5.11 Å². The molecule has 0 aromatic carbocycles. The SMILES string of the molecule is C[C@H]1[C@H](C)CC[C@]2(C(=O)O)CC[C@]3(C)C(=CC[C@@H]4[C@@]5(C)Cc6cn[nH]c6C(C)(C)[C@@H]5CC[C@]43C)[C@H]12. The molecule has 6 rings (SSSR count). The zero-order valence-corrected chi connectivity index (χ0v) is 23.0. The van der Waals surface area contributed by atoms with E-state index in [2.05, 4.69) is 70.9 Å². The molecule has 0 bridgehead atoms. The number of aromatic amines is 1. The Labute approximate surface area is 211 Å². The van der Waals surface area contributed by atoms with E-state index < -0.39 is 11.4 Å². The van der Waals surface area contributed by atoms with Crippen molar-refractivity contribution < 1.29 is 9.90 Å². The predicted octanol–water partition coefficient (Wildman–Crippen LogP) is 7.17. The number of H-pyrrole nitrogens is 1. The smallest absolute Gasteiger partial charge is 0.310 e. The summed E-state index contributed by atoms with van der Waals surface area (Å²) in [7, 11) is 0. The van der Waals surface area contributed by atoms with Crippen molar-refractivity contribution in [3.8, 4) is 0 Å². The molecule has 192 valence electrons. The van der Waals surface area contributed by atoms with Crippen LogP contribution >= 0.6 is 0 Å². The molecule has 0 radical (unpaired) electrons. The summed E-state index contributed by atoms with van der Waals surface area (Å²) in [5, 5.41) is 18.4. The number of carbonyl (C=O) groups is 1. The zero-order valence-electron chi connectivity index (χ0n) is 23.0. The van der Waals surface area contributed by atoms with E-state index in [0.717, 1.165) is 38.5 Å². The third-order valence-electron chi connectivity index (χ3n) is 13.5. The molecule has 3 fully saturated rings. The van der Waals surface area contributed by atoms with Gasteiger partial charge in [-0.25, -0.2) is 0 Å². The van der Waals surface area contributed by atoms with Gasteiger partial charge in [-0.15, -0.1) is 0 Å². The van der Waals surface area contributed by atoms with Crippen LogP contribution in [0.2, 0.25) is 0 Å². The molecule has 0 aliphatic heterocycles. The summed E-state index contributed by atoms with van der Waals surface area (Å²) in [6.45, 7) is 17.3. The lowest BCUT2D eigenvalue weighted by atomic mass is 9.33.